The van der Waals surface area contributed by atoms with Crippen molar-refractivity contribution in [3.05, 3.63) is 23.8 Å². The van der Waals surface area contributed by atoms with Crippen LogP contribution in [0.4, 0.5) is 0 Å². The first-order valence-electron chi connectivity index (χ1n) is 6.42. The van der Waals surface area contributed by atoms with E-state index in [1.165, 1.54) is 4.90 Å². The predicted octanol–water partition coefficient (Wildman–Crippen LogP) is 0.196. The SMILES string of the molecule is COc1ccc(CN=C(N)NCC(=O)N(C)C)cc1OC. The summed E-state index contributed by atoms with van der Waals surface area (Å²) in [5.41, 5.74) is 6.64. The smallest absolute Gasteiger partial charge is 0.241 e. The lowest BCUT2D eigenvalue weighted by molar-refractivity contribution is -0.127. The molecule has 0 aliphatic rings. The van der Waals surface area contributed by atoms with Crippen molar-refractivity contribution in [2.75, 3.05) is 34.9 Å². The van der Waals surface area contributed by atoms with Crippen molar-refractivity contribution in [3.63, 3.8) is 0 Å². The molecule has 0 aliphatic heterocycles. The number of methoxy groups -OCH3 is 2. The van der Waals surface area contributed by atoms with Gasteiger partial charge in [-0.2, -0.15) is 0 Å². The number of likely N-dealkylation sites (N-methyl/N-ethyl adjacent to an activating group) is 1. The van der Waals surface area contributed by atoms with E-state index in [4.69, 9.17) is 15.2 Å². The Morgan fingerprint density at radius 2 is 1.95 bits per heavy atom. The summed E-state index contributed by atoms with van der Waals surface area (Å²) in [6.07, 6.45) is 0. The third-order valence-corrected chi connectivity index (χ3v) is 2.80. The van der Waals surface area contributed by atoms with E-state index < -0.39 is 0 Å². The van der Waals surface area contributed by atoms with Crippen molar-refractivity contribution < 1.29 is 14.3 Å². The molecule has 3 N–H and O–H groups in total. The largest absolute Gasteiger partial charge is 0.493 e. The zero-order chi connectivity index (χ0) is 15.8. The summed E-state index contributed by atoms with van der Waals surface area (Å²) >= 11 is 0. The van der Waals surface area contributed by atoms with Crippen LogP contribution in [-0.2, 0) is 11.3 Å². The molecule has 0 saturated carbocycles. The van der Waals surface area contributed by atoms with Crippen LogP contribution in [0.3, 0.4) is 0 Å². The van der Waals surface area contributed by atoms with Gasteiger partial charge in [0, 0.05) is 14.1 Å². The molecule has 0 fully saturated rings. The molecule has 0 aliphatic carbocycles. The molecule has 0 heterocycles. The average molecular weight is 294 g/mol. The van der Waals surface area contributed by atoms with E-state index in [2.05, 4.69) is 10.3 Å². The van der Waals surface area contributed by atoms with Crippen molar-refractivity contribution in [1.29, 1.82) is 0 Å². The van der Waals surface area contributed by atoms with E-state index >= 15 is 0 Å². The van der Waals surface area contributed by atoms with E-state index in [0.29, 0.717) is 18.0 Å². The minimum absolute atomic E-state index is 0.0701. The van der Waals surface area contributed by atoms with Gasteiger partial charge in [-0.15, -0.1) is 0 Å². The maximum Gasteiger partial charge on any atom is 0.241 e. The minimum Gasteiger partial charge on any atom is -0.493 e. The monoisotopic (exact) mass is 294 g/mol. The molecule has 1 aromatic rings. The highest BCUT2D eigenvalue weighted by atomic mass is 16.5. The van der Waals surface area contributed by atoms with Gasteiger partial charge >= 0.3 is 0 Å². The first-order chi connectivity index (χ1) is 9.97. The number of aliphatic imine (C=N–C) groups is 1. The lowest BCUT2D eigenvalue weighted by Gasteiger charge is -2.11. The van der Waals surface area contributed by atoms with Crippen molar-refractivity contribution in [1.82, 2.24) is 10.2 Å². The molecule has 7 heteroatoms. The number of carbonyl (C=O) groups excluding carboxylic acids is 1. The number of guanidine groups is 1. The Balaban J connectivity index is 2.61. The van der Waals surface area contributed by atoms with Crippen molar-refractivity contribution in [3.8, 4) is 11.5 Å². The molecule has 0 aromatic heterocycles. The van der Waals surface area contributed by atoms with E-state index in [0.717, 1.165) is 5.56 Å². The lowest BCUT2D eigenvalue weighted by atomic mass is 10.2. The lowest BCUT2D eigenvalue weighted by Crippen LogP contribution is -2.40. The van der Waals surface area contributed by atoms with Gasteiger partial charge in [-0.05, 0) is 17.7 Å². The van der Waals surface area contributed by atoms with Gasteiger partial charge in [0.15, 0.2) is 17.5 Å². The second-order valence-corrected chi connectivity index (χ2v) is 4.53. The second kappa shape index (κ2) is 7.98. The van der Waals surface area contributed by atoms with Gasteiger partial charge in [-0.25, -0.2) is 4.99 Å². The van der Waals surface area contributed by atoms with Crippen LogP contribution < -0.4 is 20.5 Å². The quantitative estimate of drug-likeness (QED) is 0.578. The molecule has 0 bridgehead atoms. The molecule has 21 heavy (non-hydrogen) atoms. The average Bonchev–Trinajstić information content (AvgIpc) is 2.49. The molecular weight excluding hydrogens is 272 g/mol. The first kappa shape index (κ1) is 16.6. The van der Waals surface area contributed by atoms with E-state index in [-0.39, 0.29) is 18.4 Å². The number of rotatable bonds is 6. The molecule has 0 radical (unpaired) electrons. The Morgan fingerprint density at radius 1 is 1.29 bits per heavy atom. The molecule has 0 atom stereocenters. The van der Waals surface area contributed by atoms with E-state index in [1.807, 2.05) is 18.2 Å². The van der Waals surface area contributed by atoms with Crippen LogP contribution in [0.1, 0.15) is 5.56 Å². The molecule has 116 valence electrons. The van der Waals surface area contributed by atoms with Crippen LogP contribution in [0.5, 0.6) is 11.5 Å². The Morgan fingerprint density at radius 3 is 2.52 bits per heavy atom. The summed E-state index contributed by atoms with van der Waals surface area (Å²) in [6.45, 7) is 0.504. The summed E-state index contributed by atoms with van der Waals surface area (Å²) in [4.78, 5) is 17.1. The van der Waals surface area contributed by atoms with Crippen molar-refractivity contribution in [2.24, 2.45) is 10.7 Å². The molecule has 7 nitrogen and oxygen atoms in total. The summed E-state index contributed by atoms with van der Waals surface area (Å²) in [7, 11) is 6.52. The summed E-state index contributed by atoms with van der Waals surface area (Å²) < 4.78 is 10.4. The molecular formula is C14H22N4O3. The Labute approximate surface area is 124 Å². The highest BCUT2D eigenvalue weighted by molar-refractivity contribution is 5.85. The van der Waals surface area contributed by atoms with Crippen LogP contribution in [-0.4, -0.2) is 51.6 Å². The molecule has 0 spiro atoms. The summed E-state index contributed by atoms with van der Waals surface area (Å²) in [5.74, 6) is 1.45. The van der Waals surface area contributed by atoms with E-state index in [1.54, 1.807) is 28.3 Å². The van der Waals surface area contributed by atoms with Crippen LogP contribution >= 0.6 is 0 Å². The predicted molar refractivity (Wildman–Crippen MR) is 81.6 cm³/mol. The number of benzene rings is 1. The molecule has 0 saturated heterocycles. The van der Waals surface area contributed by atoms with Crippen LogP contribution in [0.2, 0.25) is 0 Å². The number of nitrogens with one attached hydrogen (secondary N) is 1. The Kier molecular flexibility index (Phi) is 6.32. The summed E-state index contributed by atoms with van der Waals surface area (Å²) in [6, 6.07) is 5.52. The van der Waals surface area contributed by atoms with Crippen molar-refractivity contribution >= 4 is 11.9 Å². The molecule has 1 amide bonds. The molecule has 1 rings (SSSR count). The van der Waals surface area contributed by atoms with Crippen LogP contribution in [0.25, 0.3) is 0 Å². The highest BCUT2D eigenvalue weighted by Gasteiger charge is 2.05. The zero-order valence-electron chi connectivity index (χ0n) is 12.8. The number of hydrogen-bond donors (Lipinski definition) is 2. The van der Waals surface area contributed by atoms with Gasteiger partial charge in [0.05, 0.1) is 27.3 Å². The fourth-order valence-electron chi connectivity index (χ4n) is 1.54. The number of hydrogen-bond acceptors (Lipinski definition) is 4. The number of amides is 1. The zero-order valence-corrected chi connectivity index (χ0v) is 12.8. The van der Waals surface area contributed by atoms with Crippen molar-refractivity contribution in [2.45, 2.75) is 6.54 Å². The third-order valence-electron chi connectivity index (χ3n) is 2.80. The van der Waals surface area contributed by atoms with Gasteiger partial charge in [0.2, 0.25) is 5.91 Å². The fourth-order valence-corrected chi connectivity index (χ4v) is 1.54. The van der Waals surface area contributed by atoms with Gasteiger partial charge in [0.1, 0.15) is 0 Å². The van der Waals surface area contributed by atoms with Gasteiger partial charge < -0.3 is 25.4 Å². The maximum absolute atomic E-state index is 11.4. The number of nitrogens with zero attached hydrogens (tertiary/aromatic N) is 2. The molecule has 0 unspecified atom stereocenters. The standard InChI is InChI=1S/C14H22N4O3/c1-18(2)13(19)9-17-14(15)16-8-10-5-6-11(20-3)12(7-10)21-4/h5-7H,8-9H2,1-4H3,(H3,15,16,17). The van der Waals surface area contributed by atoms with Gasteiger partial charge in [0.25, 0.3) is 0 Å². The molecule has 1 aromatic carbocycles. The maximum atomic E-state index is 11.4. The number of ether oxygens (including phenoxy) is 2. The first-order valence-corrected chi connectivity index (χ1v) is 6.42. The highest BCUT2D eigenvalue weighted by Crippen LogP contribution is 2.27. The minimum atomic E-state index is -0.0701. The second-order valence-electron chi connectivity index (χ2n) is 4.53. The summed E-state index contributed by atoms with van der Waals surface area (Å²) in [5, 5.41) is 2.77. The fraction of sp³-hybridized carbons (Fsp3) is 0.429. The van der Waals surface area contributed by atoms with Crippen LogP contribution in [0, 0.1) is 0 Å². The Hall–Kier alpha value is -2.44. The van der Waals surface area contributed by atoms with E-state index in [9.17, 15) is 4.79 Å². The topological polar surface area (TPSA) is 89.2 Å². The third kappa shape index (κ3) is 5.21. The van der Waals surface area contributed by atoms with Gasteiger partial charge in [-0.3, -0.25) is 4.79 Å². The number of nitrogens with two attached hydrogens (primary N) is 1. The number of carbonyl (C=O) groups is 1. The normalized spacial score (nSPS) is 11.0. The Bertz CT molecular complexity index is 515. The van der Waals surface area contributed by atoms with Crippen LogP contribution in [0.15, 0.2) is 23.2 Å². The van der Waals surface area contributed by atoms with Gasteiger partial charge in [-0.1, -0.05) is 6.07 Å².